The van der Waals surface area contributed by atoms with Crippen LogP contribution in [-0.2, 0) is 27.0 Å². The molecule has 10 heteroatoms. The van der Waals surface area contributed by atoms with Gasteiger partial charge >= 0.3 is 6.18 Å². The highest BCUT2D eigenvalue weighted by atomic mass is 32.2. The van der Waals surface area contributed by atoms with E-state index in [1.54, 1.807) is 21.8 Å². The van der Waals surface area contributed by atoms with E-state index >= 15 is 0 Å². The van der Waals surface area contributed by atoms with Crippen molar-refractivity contribution in [1.82, 2.24) is 9.78 Å². The average molecular weight is 375 g/mol. The van der Waals surface area contributed by atoms with Gasteiger partial charge in [0.25, 0.3) is 10.1 Å². The number of benzene rings is 1. The summed E-state index contributed by atoms with van der Waals surface area (Å²) < 4.78 is 67.8. The first kappa shape index (κ1) is 17.7. The standard InChI is InChI=1S/C15H16F3N3O3S/c1-24-25(22,23)10-11-8-20(14-6-7-19-21(14)9-11)13-4-2-12(3-5-13)15(16,17)18/h2-7,11H,8-10H2,1H3. The van der Waals surface area contributed by atoms with Gasteiger partial charge in [0.15, 0.2) is 0 Å². The second-order valence-corrected chi connectivity index (χ2v) is 7.57. The topological polar surface area (TPSA) is 64.4 Å². The van der Waals surface area contributed by atoms with Gasteiger partial charge < -0.3 is 4.90 Å². The largest absolute Gasteiger partial charge is 0.416 e. The number of fused-ring (bicyclic) bond motifs is 1. The van der Waals surface area contributed by atoms with Crippen LogP contribution in [-0.4, -0.2) is 37.6 Å². The van der Waals surface area contributed by atoms with Gasteiger partial charge in [-0.15, -0.1) is 0 Å². The molecule has 25 heavy (non-hydrogen) atoms. The Balaban J connectivity index is 1.90. The number of aromatic nitrogens is 2. The van der Waals surface area contributed by atoms with E-state index in [0.29, 0.717) is 24.6 Å². The van der Waals surface area contributed by atoms with Crippen molar-refractivity contribution >= 4 is 21.6 Å². The van der Waals surface area contributed by atoms with Gasteiger partial charge in [-0.3, -0.25) is 4.18 Å². The number of hydrogen-bond donors (Lipinski definition) is 0. The predicted octanol–water partition coefficient (Wildman–Crippen LogP) is 2.65. The predicted molar refractivity (Wildman–Crippen MR) is 85.0 cm³/mol. The lowest BCUT2D eigenvalue weighted by atomic mass is 10.1. The molecule has 0 N–H and O–H groups in total. The summed E-state index contributed by atoms with van der Waals surface area (Å²) in [6.07, 6.45) is -2.84. The van der Waals surface area contributed by atoms with E-state index < -0.39 is 21.9 Å². The molecule has 0 radical (unpaired) electrons. The van der Waals surface area contributed by atoms with Crippen molar-refractivity contribution in [3.8, 4) is 0 Å². The Labute approximate surface area is 142 Å². The fourth-order valence-electron chi connectivity index (χ4n) is 2.88. The van der Waals surface area contributed by atoms with E-state index in [0.717, 1.165) is 19.2 Å². The minimum absolute atomic E-state index is 0.195. The van der Waals surface area contributed by atoms with Crippen LogP contribution >= 0.6 is 0 Å². The van der Waals surface area contributed by atoms with Crippen LogP contribution in [0.2, 0.25) is 0 Å². The van der Waals surface area contributed by atoms with Crippen LogP contribution in [0.15, 0.2) is 36.5 Å². The lowest BCUT2D eigenvalue weighted by Crippen LogP contribution is -2.38. The van der Waals surface area contributed by atoms with Crippen molar-refractivity contribution in [3.05, 3.63) is 42.1 Å². The van der Waals surface area contributed by atoms with Gasteiger partial charge in [-0.2, -0.15) is 26.7 Å². The molecule has 2 aromatic rings. The van der Waals surface area contributed by atoms with Crippen molar-refractivity contribution in [2.24, 2.45) is 5.92 Å². The van der Waals surface area contributed by atoms with Gasteiger partial charge in [-0.25, -0.2) is 4.68 Å². The Morgan fingerprint density at radius 1 is 1.20 bits per heavy atom. The first-order valence-corrected chi connectivity index (χ1v) is 9.02. The number of hydrogen-bond acceptors (Lipinski definition) is 5. The van der Waals surface area contributed by atoms with Gasteiger partial charge in [0.05, 0.1) is 24.6 Å². The third-order valence-corrected chi connectivity index (χ3v) is 5.43. The monoisotopic (exact) mass is 375 g/mol. The zero-order chi connectivity index (χ0) is 18.2. The number of anilines is 2. The second-order valence-electron chi connectivity index (χ2n) is 5.78. The van der Waals surface area contributed by atoms with E-state index in [-0.39, 0.29) is 11.7 Å². The van der Waals surface area contributed by atoms with Gasteiger partial charge in [-0.05, 0) is 24.3 Å². The first-order valence-electron chi connectivity index (χ1n) is 7.44. The second kappa shape index (κ2) is 6.34. The Morgan fingerprint density at radius 2 is 1.88 bits per heavy atom. The average Bonchev–Trinajstić information content (AvgIpc) is 3.01. The van der Waals surface area contributed by atoms with Crippen molar-refractivity contribution in [3.63, 3.8) is 0 Å². The molecule has 0 fully saturated rings. The fourth-order valence-corrected chi connectivity index (χ4v) is 3.80. The van der Waals surface area contributed by atoms with Crippen LogP contribution in [0, 0.1) is 5.92 Å². The van der Waals surface area contributed by atoms with Gasteiger partial charge in [-0.1, -0.05) is 0 Å². The molecule has 1 aliphatic heterocycles. The van der Waals surface area contributed by atoms with E-state index in [4.69, 9.17) is 0 Å². The lowest BCUT2D eigenvalue weighted by Gasteiger charge is -2.34. The van der Waals surface area contributed by atoms with E-state index in [1.165, 1.54) is 12.1 Å². The van der Waals surface area contributed by atoms with Crippen molar-refractivity contribution in [2.75, 3.05) is 24.3 Å². The van der Waals surface area contributed by atoms with Gasteiger partial charge in [0, 0.05) is 30.8 Å². The maximum Gasteiger partial charge on any atom is 0.416 e. The zero-order valence-corrected chi connectivity index (χ0v) is 14.1. The quantitative estimate of drug-likeness (QED) is 0.769. The molecule has 0 spiro atoms. The Hall–Kier alpha value is -2.07. The Kier molecular flexibility index (Phi) is 4.50. The Morgan fingerprint density at radius 3 is 2.48 bits per heavy atom. The van der Waals surface area contributed by atoms with Crippen LogP contribution < -0.4 is 4.90 Å². The molecule has 0 saturated heterocycles. The normalized spacial score (nSPS) is 18.2. The summed E-state index contributed by atoms with van der Waals surface area (Å²) in [6.45, 7) is 0.724. The molecule has 3 rings (SSSR count). The smallest absolute Gasteiger partial charge is 0.326 e. The lowest BCUT2D eigenvalue weighted by molar-refractivity contribution is -0.137. The summed E-state index contributed by atoms with van der Waals surface area (Å²) in [6, 6.07) is 6.48. The van der Waals surface area contributed by atoms with E-state index in [1.807, 2.05) is 0 Å². The molecule has 136 valence electrons. The highest BCUT2D eigenvalue weighted by Crippen LogP contribution is 2.34. The first-order chi connectivity index (χ1) is 11.7. The Bertz CT molecular complexity index is 847. The van der Waals surface area contributed by atoms with Crippen LogP contribution in [0.25, 0.3) is 0 Å². The molecular formula is C15H16F3N3O3S. The summed E-state index contributed by atoms with van der Waals surface area (Å²) in [5.41, 5.74) is -0.199. The summed E-state index contributed by atoms with van der Waals surface area (Å²) >= 11 is 0. The third kappa shape index (κ3) is 3.79. The number of rotatable bonds is 4. The molecule has 2 heterocycles. The molecular weight excluding hydrogens is 359 g/mol. The zero-order valence-electron chi connectivity index (χ0n) is 13.3. The van der Waals surface area contributed by atoms with Crippen molar-refractivity contribution < 1.29 is 25.8 Å². The van der Waals surface area contributed by atoms with Gasteiger partial charge in [0.1, 0.15) is 5.82 Å². The highest BCUT2D eigenvalue weighted by molar-refractivity contribution is 7.86. The highest BCUT2D eigenvalue weighted by Gasteiger charge is 2.32. The van der Waals surface area contributed by atoms with Crippen molar-refractivity contribution in [2.45, 2.75) is 12.7 Å². The molecule has 1 unspecified atom stereocenters. The molecule has 6 nitrogen and oxygen atoms in total. The van der Waals surface area contributed by atoms with Crippen molar-refractivity contribution in [1.29, 1.82) is 0 Å². The summed E-state index contributed by atoms with van der Waals surface area (Å²) in [7, 11) is -2.55. The molecule has 1 aromatic carbocycles. The third-order valence-electron chi connectivity index (χ3n) is 4.04. The minimum Gasteiger partial charge on any atom is -0.326 e. The SMILES string of the molecule is COS(=O)(=O)CC1CN(c2ccc(C(F)(F)F)cc2)c2ccnn2C1. The van der Waals surface area contributed by atoms with E-state index in [2.05, 4.69) is 9.28 Å². The van der Waals surface area contributed by atoms with Gasteiger partial charge in [0.2, 0.25) is 0 Å². The van der Waals surface area contributed by atoms with Crippen LogP contribution in [0.4, 0.5) is 24.7 Å². The molecule has 1 aliphatic rings. The molecule has 1 atom stereocenters. The van der Waals surface area contributed by atoms with Crippen LogP contribution in [0.1, 0.15) is 5.56 Å². The van der Waals surface area contributed by atoms with Crippen LogP contribution in [0.5, 0.6) is 0 Å². The maximum absolute atomic E-state index is 12.7. The fraction of sp³-hybridized carbons (Fsp3) is 0.400. The summed E-state index contributed by atoms with van der Waals surface area (Å²) in [5, 5.41) is 4.15. The van der Waals surface area contributed by atoms with E-state index in [9.17, 15) is 21.6 Å². The number of alkyl halides is 3. The molecule has 0 saturated carbocycles. The molecule has 0 bridgehead atoms. The molecule has 0 aliphatic carbocycles. The molecule has 0 amide bonds. The number of halogens is 3. The number of nitrogens with zero attached hydrogens (tertiary/aromatic N) is 3. The van der Waals surface area contributed by atoms with Crippen LogP contribution in [0.3, 0.4) is 0 Å². The molecule has 1 aromatic heterocycles. The minimum atomic E-state index is -4.41. The maximum atomic E-state index is 12.7. The summed E-state index contributed by atoms with van der Waals surface area (Å²) in [5.74, 6) is 0.199. The summed E-state index contributed by atoms with van der Waals surface area (Å²) in [4.78, 5) is 1.76.